The van der Waals surface area contributed by atoms with Gasteiger partial charge in [-0.3, -0.25) is 4.79 Å². The van der Waals surface area contributed by atoms with Crippen LogP contribution in [0.5, 0.6) is 0 Å². The zero-order valence-electron chi connectivity index (χ0n) is 6.09. The Kier molecular flexibility index (Phi) is 2.43. The highest BCUT2D eigenvalue weighted by atomic mass is 79.9. The van der Waals surface area contributed by atoms with E-state index in [4.69, 9.17) is 0 Å². The maximum atomic E-state index is 11.4. The third-order valence-electron chi connectivity index (χ3n) is 1.52. The lowest BCUT2D eigenvalue weighted by Crippen LogP contribution is -2.22. The van der Waals surface area contributed by atoms with Crippen molar-refractivity contribution < 1.29 is 4.79 Å². The molecule has 2 nitrogen and oxygen atoms in total. The zero-order valence-corrected chi connectivity index (χ0v) is 9.31. The van der Waals surface area contributed by atoms with Crippen LogP contribution in [0, 0.1) is 0 Å². The number of halogens is 1. The molecule has 0 unspecified atom stereocenters. The fourth-order valence-electron chi connectivity index (χ4n) is 1.02. The number of thiophene rings is 1. The van der Waals surface area contributed by atoms with Gasteiger partial charge in [0.1, 0.15) is 4.88 Å². The molecule has 2 heterocycles. The maximum absolute atomic E-state index is 11.4. The molecule has 0 spiro atoms. The smallest absolute Gasteiger partial charge is 0.262 e. The van der Waals surface area contributed by atoms with E-state index in [9.17, 15) is 4.79 Å². The summed E-state index contributed by atoms with van der Waals surface area (Å²) < 4.78 is 1.03. The summed E-state index contributed by atoms with van der Waals surface area (Å²) >= 11 is 6.60. The van der Waals surface area contributed by atoms with E-state index in [2.05, 4.69) is 21.2 Å². The second-order valence-electron chi connectivity index (χ2n) is 2.35. The number of fused-ring (bicyclic) bond motifs is 1. The molecule has 64 valence electrons. The summed E-state index contributed by atoms with van der Waals surface area (Å²) in [6.45, 7) is 0.766. The molecule has 1 aliphatic heterocycles. The normalized spacial score (nSPS) is 16.6. The molecule has 1 amide bonds. The Bertz CT molecular complexity index is 323. The Hall–Kier alpha value is -0.0000000000000000833. The van der Waals surface area contributed by atoms with Crippen LogP contribution in [-0.2, 0) is 0 Å². The van der Waals surface area contributed by atoms with E-state index in [1.807, 2.05) is 6.07 Å². The summed E-state index contributed by atoms with van der Waals surface area (Å²) in [5, 5.41) is 2.84. The van der Waals surface area contributed by atoms with Crippen molar-refractivity contribution in [2.24, 2.45) is 0 Å². The van der Waals surface area contributed by atoms with Crippen molar-refractivity contribution in [1.82, 2.24) is 5.32 Å². The Balaban J connectivity index is 2.44. The van der Waals surface area contributed by atoms with Crippen LogP contribution in [0.25, 0.3) is 0 Å². The summed E-state index contributed by atoms with van der Waals surface area (Å²) in [5.74, 6) is 1.02. The molecular weight excluding hydrogens is 258 g/mol. The van der Waals surface area contributed by atoms with Gasteiger partial charge in [0.2, 0.25) is 0 Å². The van der Waals surface area contributed by atoms with Gasteiger partial charge in [-0.25, -0.2) is 0 Å². The Morgan fingerprint density at radius 1 is 1.58 bits per heavy atom. The first-order valence-corrected chi connectivity index (χ1v) is 6.07. The first kappa shape index (κ1) is 8.59. The molecule has 2 rings (SSSR count). The highest BCUT2D eigenvalue weighted by Crippen LogP contribution is 2.34. The van der Waals surface area contributed by atoms with Crippen LogP contribution < -0.4 is 5.32 Å². The number of hydrogen-bond donors (Lipinski definition) is 1. The third-order valence-corrected chi connectivity index (χ3v) is 4.33. The van der Waals surface area contributed by atoms with Gasteiger partial charge in [-0.1, -0.05) is 0 Å². The van der Waals surface area contributed by atoms with Crippen molar-refractivity contribution in [3.8, 4) is 0 Å². The van der Waals surface area contributed by atoms with Crippen LogP contribution in [0.3, 0.4) is 0 Å². The molecule has 0 saturated carbocycles. The van der Waals surface area contributed by atoms with Crippen LogP contribution in [0.2, 0.25) is 0 Å². The maximum Gasteiger partial charge on any atom is 0.262 e. The first-order chi connectivity index (χ1) is 5.77. The van der Waals surface area contributed by atoms with Crippen molar-refractivity contribution in [2.75, 3.05) is 12.3 Å². The van der Waals surface area contributed by atoms with E-state index < -0.39 is 0 Å². The lowest BCUT2D eigenvalue weighted by molar-refractivity contribution is 0.0958. The van der Waals surface area contributed by atoms with Crippen LogP contribution in [-0.4, -0.2) is 18.2 Å². The minimum absolute atomic E-state index is 0.0608. The molecule has 0 fully saturated rings. The van der Waals surface area contributed by atoms with E-state index in [1.165, 1.54) is 11.3 Å². The Morgan fingerprint density at radius 3 is 3.25 bits per heavy atom. The molecule has 0 atom stereocenters. The fourth-order valence-corrected chi connectivity index (χ4v) is 3.80. The first-order valence-electron chi connectivity index (χ1n) is 3.48. The van der Waals surface area contributed by atoms with E-state index >= 15 is 0 Å². The number of amides is 1. The molecule has 0 radical (unpaired) electrons. The standard InChI is InChI=1S/C7H6BrNOS2/c8-5-3-4-6(12-5)7(10)9-1-2-11-4/h3H,1-2H2,(H,9,10). The Labute approximate surface area is 86.9 Å². The largest absolute Gasteiger partial charge is 0.350 e. The molecule has 1 N–H and O–H groups in total. The second-order valence-corrected chi connectivity index (χ2v) is 5.92. The van der Waals surface area contributed by atoms with Crippen molar-refractivity contribution >= 4 is 44.9 Å². The summed E-state index contributed by atoms with van der Waals surface area (Å²) in [7, 11) is 0. The van der Waals surface area contributed by atoms with Gasteiger partial charge in [-0.2, -0.15) is 0 Å². The van der Waals surface area contributed by atoms with Crippen LogP contribution in [0.1, 0.15) is 9.67 Å². The Morgan fingerprint density at radius 2 is 2.42 bits per heavy atom. The quantitative estimate of drug-likeness (QED) is 0.779. The SMILES string of the molecule is O=C1NCCSc2cc(Br)sc21. The predicted octanol–water partition coefficient (Wildman–Crippen LogP) is 2.35. The van der Waals surface area contributed by atoms with Gasteiger partial charge in [-0.15, -0.1) is 23.1 Å². The average Bonchev–Trinajstić information content (AvgIpc) is 2.33. The molecule has 0 bridgehead atoms. The van der Waals surface area contributed by atoms with Crippen LogP contribution >= 0.6 is 39.0 Å². The molecule has 1 aromatic rings. The highest BCUT2D eigenvalue weighted by molar-refractivity contribution is 9.11. The minimum Gasteiger partial charge on any atom is -0.350 e. The summed E-state index contributed by atoms with van der Waals surface area (Å²) in [6.07, 6.45) is 0. The molecule has 0 saturated heterocycles. The predicted molar refractivity (Wildman–Crippen MR) is 55.1 cm³/mol. The number of hydrogen-bond acceptors (Lipinski definition) is 3. The molecule has 0 aliphatic carbocycles. The molecule has 1 aromatic heterocycles. The van der Waals surface area contributed by atoms with Crippen LogP contribution in [0.15, 0.2) is 14.7 Å². The number of carbonyl (C=O) groups excluding carboxylic acids is 1. The van der Waals surface area contributed by atoms with E-state index in [1.54, 1.807) is 11.8 Å². The third kappa shape index (κ3) is 1.53. The lowest BCUT2D eigenvalue weighted by Gasteiger charge is -1.95. The fraction of sp³-hybridized carbons (Fsp3) is 0.286. The average molecular weight is 264 g/mol. The highest BCUT2D eigenvalue weighted by Gasteiger charge is 2.18. The van der Waals surface area contributed by atoms with Gasteiger partial charge in [0.05, 0.1) is 3.79 Å². The molecule has 0 aromatic carbocycles. The van der Waals surface area contributed by atoms with Crippen molar-refractivity contribution in [3.05, 3.63) is 14.7 Å². The lowest BCUT2D eigenvalue weighted by atomic mass is 10.4. The van der Waals surface area contributed by atoms with Gasteiger partial charge in [0, 0.05) is 17.2 Å². The molecule has 1 aliphatic rings. The van der Waals surface area contributed by atoms with Gasteiger partial charge < -0.3 is 5.32 Å². The summed E-state index contributed by atoms with van der Waals surface area (Å²) in [5.41, 5.74) is 0. The van der Waals surface area contributed by atoms with Crippen molar-refractivity contribution in [3.63, 3.8) is 0 Å². The van der Waals surface area contributed by atoms with Gasteiger partial charge in [-0.05, 0) is 22.0 Å². The minimum atomic E-state index is 0.0608. The van der Waals surface area contributed by atoms with E-state index in [0.29, 0.717) is 0 Å². The van der Waals surface area contributed by atoms with Gasteiger partial charge in [0.25, 0.3) is 5.91 Å². The summed E-state index contributed by atoms with van der Waals surface area (Å²) in [6, 6.07) is 2.01. The number of thioether (sulfide) groups is 1. The number of carbonyl (C=O) groups is 1. The second kappa shape index (κ2) is 3.40. The number of rotatable bonds is 0. The molecule has 12 heavy (non-hydrogen) atoms. The van der Waals surface area contributed by atoms with Gasteiger partial charge in [0.15, 0.2) is 0 Å². The van der Waals surface area contributed by atoms with Crippen molar-refractivity contribution in [2.45, 2.75) is 4.90 Å². The zero-order chi connectivity index (χ0) is 8.55. The monoisotopic (exact) mass is 263 g/mol. The van der Waals surface area contributed by atoms with E-state index in [-0.39, 0.29) is 5.91 Å². The topological polar surface area (TPSA) is 29.1 Å². The molecular formula is C7H6BrNOS2. The van der Waals surface area contributed by atoms with Gasteiger partial charge >= 0.3 is 0 Å². The van der Waals surface area contributed by atoms with E-state index in [0.717, 1.165) is 25.9 Å². The van der Waals surface area contributed by atoms with Crippen molar-refractivity contribution in [1.29, 1.82) is 0 Å². The molecule has 5 heteroatoms. The number of nitrogens with one attached hydrogen (secondary N) is 1. The van der Waals surface area contributed by atoms with Crippen LogP contribution in [0.4, 0.5) is 0 Å². The summed E-state index contributed by atoms with van der Waals surface area (Å²) in [4.78, 5) is 13.3.